The molecule has 5 heteroatoms. The van der Waals surface area contributed by atoms with Gasteiger partial charge in [0, 0.05) is 0 Å². The van der Waals surface area contributed by atoms with Gasteiger partial charge in [-0.3, -0.25) is 4.57 Å². The van der Waals surface area contributed by atoms with Gasteiger partial charge in [0.25, 0.3) is 0 Å². The molecular weight excluding hydrogens is 179 g/mol. The van der Waals surface area contributed by atoms with Crippen molar-refractivity contribution >= 4 is 7.60 Å². The quantitative estimate of drug-likeness (QED) is 0.383. The van der Waals surface area contributed by atoms with E-state index in [9.17, 15) is 4.57 Å². The summed E-state index contributed by atoms with van der Waals surface area (Å²) in [4.78, 5) is 17.3. The van der Waals surface area contributed by atoms with Gasteiger partial charge in [-0.1, -0.05) is 6.08 Å². The lowest BCUT2D eigenvalue weighted by Gasteiger charge is -2.11. The average molecular weight is 192 g/mol. The molecule has 1 heterocycles. The second kappa shape index (κ2) is 3.71. The third-order valence-corrected chi connectivity index (χ3v) is 2.72. The Morgan fingerprint density at radius 2 is 2.33 bits per heavy atom. The highest BCUT2D eigenvalue weighted by Crippen LogP contribution is 2.39. The van der Waals surface area contributed by atoms with Crippen LogP contribution >= 0.6 is 7.60 Å². The number of rotatable bonds is 5. The van der Waals surface area contributed by atoms with Crippen LogP contribution < -0.4 is 0 Å². The average Bonchev–Trinajstić information content (AvgIpc) is 2.67. The van der Waals surface area contributed by atoms with E-state index in [1.165, 1.54) is 0 Å². The van der Waals surface area contributed by atoms with Gasteiger partial charge in [0.05, 0.1) is 18.9 Å². The minimum absolute atomic E-state index is 0.115. The standard InChI is InChI=1S/C7H13O4P/c1-2-6(3-7-4-11-7)5-12(8,9)10/h2,6-7H,1,3-5H2,(H2,8,9,10). The molecule has 0 aliphatic carbocycles. The molecule has 1 aliphatic heterocycles. The number of allylic oxidation sites excluding steroid dienone is 1. The van der Waals surface area contributed by atoms with E-state index in [4.69, 9.17) is 14.5 Å². The molecule has 0 aromatic heterocycles. The van der Waals surface area contributed by atoms with Crippen molar-refractivity contribution in [3.8, 4) is 0 Å². The maximum Gasteiger partial charge on any atom is 0.326 e. The Morgan fingerprint density at radius 3 is 2.67 bits per heavy atom. The highest BCUT2D eigenvalue weighted by atomic mass is 31.2. The van der Waals surface area contributed by atoms with Crippen LogP contribution in [0.5, 0.6) is 0 Å². The minimum atomic E-state index is -3.89. The summed E-state index contributed by atoms with van der Waals surface area (Å²) >= 11 is 0. The summed E-state index contributed by atoms with van der Waals surface area (Å²) in [6.07, 6.45) is 2.34. The summed E-state index contributed by atoms with van der Waals surface area (Å²) < 4.78 is 15.6. The SMILES string of the molecule is C=CC(CC1CO1)CP(=O)(O)O. The molecule has 12 heavy (non-hydrogen) atoms. The summed E-state index contributed by atoms with van der Waals surface area (Å²) in [7, 11) is -3.89. The molecule has 1 fully saturated rings. The second-order valence-electron chi connectivity index (χ2n) is 3.03. The van der Waals surface area contributed by atoms with Crippen molar-refractivity contribution < 1.29 is 19.1 Å². The third-order valence-electron chi connectivity index (χ3n) is 1.77. The van der Waals surface area contributed by atoms with E-state index < -0.39 is 7.60 Å². The van der Waals surface area contributed by atoms with Crippen LogP contribution in [0, 0.1) is 5.92 Å². The minimum Gasteiger partial charge on any atom is -0.373 e. The van der Waals surface area contributed by atoms with Crippen molar-refractivity contribution in [3.05, 3.63) is 12.7 Å². The summed E-state index contributed by atoms with van der Waals surface area (Å²) in [6, 6.07) is 0. The van der Waals surface area contributed by atoms with Crippen LogP contribution in [0.3, 0.4) is 0 Å². The maximum absolute atomic E-state index is 10.6. The van der Waals surface area contributed by atoms with E-state index in [-0.39, 0.29) is 18.2 Å². The molecule has 4 nitrogen and oxygen atoms in total. The Hall–Kier alpha value is -0.150. The monoisotopic (exact) mass is 192 g/mol. The predicted molar refractivity (Wildman–Crippen MR) is 45.0 cm³/mol. The van der Waals surface area contributed by atoms with Gasteiger partial charge in [-0.2, -0.15) is 0 Å². The Bertz CT molecular complexity index is 205. The van der Waals surface area contributed by atoms with Gasteiger partial charge in [0.2, 0.25) is 0 Å². The van der Waals surface area contributed by atoms with Crippen LogP contribution in [-0.2, 0) is 9.30 Å². The Kier molecular flexibility index (Phi) is 3.07. The molecule has 2 atom stereocenters. The van der Waals surface area contributed by atoms with Gasteiger partial charge in [-0.05, 0) is 12.3 Å². The molecule has 0 aromatic carbocycles. The van der Waals surface area contributed by atoms with Crippen LogP contribution in [0.2, 0.25) is 0 Å². The molecule has 0 aromatic rings. The molecular formula is C7H13O4P. The molecule has 2 N–H and O–H groups in total. The summed E-state index contributed by atoms with van der Waals surface area (Å²) in [5.41, 5.74) is 0. The Labute approximate surface area is 71.4 Å². The van der Waals surface area contributed by atoms with Crippen molar-refractivity contribution in [2.45, 2.75) is 12.5 Å². The number of hydrogen-bond acceptors (Lipinski definition) is 2. The molecule has 0 bridgehead atoms. The van der Waals surface area contributed by atoms with Crippen molar-refractivity contribution in [2.75, 3.05) is 12.8 Å². The summed E-state index contributed by atoms with van der Waals surface area (Å²) in [6.45, 7) is 4.24. The molecule has 1 aliphatic rings. The van der Waals surface area contributed by atoms with Gasteiger partial charge < -0.3 is 14.5 Å². The van der Waals surface area contributed by atoms with Crippen LogP contribution in [0.4, 0.5) is 0 Å². The van der Waals surface area contributed by atoms with E-state index >= 15 is 0 Å². The van der Waals surface area contributed by atoms with Crippen molar-refractivity contribution in [2.24, 2.45) is 5.92 Å². The zero-order valence-electron chi connectivity index (χ0n) is 6.72. The lowest BCUT2D eigenvalue weighted by Crippen LogP contribution is -2.06. The van der Waals surface area contributed by atoms with Crippen LogP contribution in [0.1, 0.15) is 6.42 Å². The topological polar surface area (TPSA) is 70.1 Å². The first-order chi connectivity index (χ1) is 5.51. The molecule has 2 unspecified atom stereocenters. The van der Waals surface area contributed by atoms with E-state index in [1.807, 2.05) is 0 Å². The Balaban J connectivity index is 2.33. The smallest absolute Gasteiger partial charge is 0.326 e. The second-order valence-corrected chi connectivity index (χ2v) is 4.73. The van der Waals surface area contributed by atoms with Gasteiger partial charge in [0.1, 0.15) is 0 Å². The van der Waals surface area contributed by atoms with E-state index in [0.717, 1.165) is 0 Å². The van der Waals surface area contributed by atoms with Crippen LogP contribution in [0.15, 0.2) is 12.7 Å². The molecule has 0 radical (unpaired) electrons. The third kappa shape index (κ3) is 4.02. The van der Waals surface area contributed by atoms with Crippen LogP contribution in [0.25, 0.3) is 0 Å². The first-order valence-electron chi connectivity index (χ1n) is 3.80. The van der Waals surface area contributed by atoms with Gasteiger partial charge >= 0.3 is 7.60 Å². The fourth-order valence-electron chi connectivity index (χ4n) is 1.09. The fraction of sp³-hybridized carbons (Fsp3) is 0.714. The molecule has 1 rings (SSSR count). The molecule has 1 saturated heterocycles. The van der Waals surface area contributed by atoms with E-state index in [0.29, 0.717) is 13.0 Å². The predicted octanol–water partition coefficient (Wildman–Crippen LogP) is 0.755. The van der Waals surface area contributed by atoms with Crippen LogP contribution in [-0.4, -0.2) is 28.7 Å². The normalized spacial score (nSPS) is 25.0. The van der Waals surface area contributed by atoms with Gasteiger partial charge in [0.15, 0.2) is 0 Å². The van der Waals surface area contributed by atoms with E-state index in [2.05, 4.69) is 6.58 Å². The highest BCUT2D eigenvalue weighted by molar-refractivity contribution is 7.51. The van der Waals surface area contributed by atoms with Crippen molar-refractivity contribution in [3.63, 3.8) is 0 Å². The molecule has 0 spiro atoms. The van der Waals surface area contributed by atoms with Gasteiger partial charge in [-0.25, -0.2) is 0 Å². The lowest BCUT2D eigenvalue weighted by molar-refractivity contribution is 0.351. The Morgan fingerprint density at radius 1 is 1.75 bits per heavy atom. The van der Waals surface area contributed by atoms with Gasteiger partial charge in [-0.15, -0.1) is 6.58 Å². The number of epoxide rings is 1. The van der Waals surface area contributed by atoms with E-state index in [1.54, 1.807) is 6.08 Å². The van der Waals surface area contributed by atoms with Crippen molar-refractivity contribution in [1.82, 2.24) is 0 Å². The van der Waals surface area contributed by atoms with Crippen molar-refractivity contribution in [1.29, 1.82) is 0 Å². The highest BCUT2D eigenvalue weighted by Gasteiger charge is 2.28. The maximum atomic E-state index is 10.6. The molecule has 70 valence electrons. The zero-order valence-corrected chi connectivity index (χ0v) is 7.61. The largest absolute Gasteiger partial charge is 0.373 e. The first kappa shape index (κ1) is 9.93. The fourth-order valence-corrected chi connectivity index (χ4v) is 2.00. The summed E-state index contributed by atoms with van der Waals surface area (Å²) in [5.74, 6) is -0.127. The molecule has 0 saturated carbocycles. The number of hydrogen-bond donors (Lipinski definition) is 2. The lowest BCUT2D eigenvalue weighted by atomic mass is 10.1. The number of ether oxygens (including phenoxy) is 1. The first-order valence-corrected chi connectivity index (χ1v) is 5.60. The molecule has 0 amide bonds. The zero-order chi connectivity index (χ0) is 9.19. The summed E-state index contributed by atoms with van der Waals surface area (Å²) in [5, 5.41) is 0.